The Kier molecular flexibility index (Phi) is 7.75. The van der Waals surface area contributed by atoms with Crippen molar-refractivity contribution in [2.45, 2.75) is 13.0 Å². The number of thiocarbonyl (C=S) groups is 1. The number of nitrogens with zero attached hydrogens (tertiary/aromatic N) is 1. The van der Waals surface area contributed by atoms with E-state index in [1.54, 1.807) is 23.1 Å². The zero-order valence-corrected chi connectivity index (χ0v) is 17.2. The summed E-state index contributed by atoms with van der Waals surface area (Å²) in [7, 11) is 1.49. The third-order valence-corrected chi connectivity index (χ3v) is 4.61. The number of hydrogen-bond donors (Lipinski definition) is 2. The highest BCUT2D eigenvalue weighted by molar-refractivity contribution is 9.10. The number of hydrogen-bond acceptors (Lipinski definition) is 4. The minimum Gasteiger partial charge on any atom is -0.496 e. The summed E-state index contributed by atoms with van der Waals surface area (Å²) in [5.41, 5.74) is 6.61. The largest absolute Gasteiger partial charge is 0.496 e. The molecule has 27 heavy (non-hydrogen) atoms. The number of rotatable bonds is 7. The molecule has 142 valence electrons. The van der Waals surface area contributed by atoms with Crippen LogP contribution in [0, 0.1) is 0 Å². The molecule has 2 aromatic carbocycles. The van der Waals surface area contributed by atoms with E-state index >= 15 is 0 Å². The fraction of sp³-hybridized carbons (Fsp3) is 0.211. The number of ether oxygens (including phenoxy) is 1. The SMILES string of the molecule is COc1ccc(Br)cc1C(=O)NC(=S)N(CCC(N)=O)Cc1ccccc1. The van der Waals surface area contributed by atoms with E-state index in [0.717, 1.165) is 10.0 Å². The van der Waals surface area contributed by atoms with Gasteiger partial charge in [-0.05, 0) is 36.0 Å². The average Bonchev–Trinajstić information content (AvgIpc) is 2.65. The lowest BCUT2D eigenvalue weighted by Crippen LogP contribution is -2.43. The maximum absolute atomic E-state index is 12.7. The third kappa shape index (κ3) is 6.33. The number of carbonyl (C=O) groups is 2. The van der Waals surface area contributed by atoms with Crippen LogP contribution in [0.4, 0.5) is 0 Å². The van der Waals surface area contributed by atoms with Crippen LogP contribution < -0.4 is 15.8 Å². The predicted octanol–water partition coefficient (Wildman–Crippen LogP) is 2.85. The lowest BCUT2D eigenvalue weighted by molar-refractivity contribution is -0.118. The number of benzene rings is 2. The molecule has 0 aromatic heterocycles. The van der Waals surface area contributed by atoms with Crippen LogP contribution in [0.5, 0.6) is 5.75 Å². The van der Waals surface area contributed by atoms with Gasteiger partial charge in [-0.15, -0.1) is 0 Å². The minimum absolute atomic E-state index is 0.128. The van der Waals surface area contributed by atoms with Crippen LogP contribution in [-0.2, 0) is 11.3 Å². The number of halogens is 1. The molecule has 0 aliphatic heterocycles. The first kappa shape index (κ1) is 20.9. The highest BCUT2D eigenvalue weighted by Crippen LogP contribution is 2.23. The second kappa shape index (κ2) is 10.0. The standard InChI is InChI=1S/C19H20BrN3O3S/c1-26-16-8-7-14(20)11-15(16)18(25)22-19(27)23(10-9-17(21)24)12-13-5-3-2-4-6-13/h2-8,11H,9-10,12H2,1H3,(H2,21,24)(H,22,25,27). The van der Waals surface area contributed by atoms with Gasteiger partial charge in [-0.3, -0.25) is 14.9 Å². The molecule has 6 nitrogen and oxygen atoms in total. The second-order valence-corrected chi connectivity index (χ2v) is 7.03. The summed E-state index contributed by atoms with van der Waals surface area (Å²) >= 11 is 8.75. The van der Waals surface area contributed by atoms with Gasteiger partial charge in [0.15, 0.2) is 5.11 Å². The molecule has 2 aromatic rings. The summed E-state index contributed by atoms with van der Waals surface area (Å²) < 4.78 is 5.98. The van der Waals surface area contributed by atoms with Crippen molar-refractivity contribution in [3.05, 3.63) is 64.1 Å². The summed E-state index contributed by atoms with van der Waals surface area (Å²) in [4.78, 5) is 25.6. The van der Waals surface area contributed by atoms with E-state index in [0.29, 0.717) is 24.4 Å². The van der Waals surface area contributed by atoms with Crippen LogP contribution in [-0.4, -0.2) is 35.5 Å². The van der Waals surface area contributed by atoms with Crippen LogP contribution in [0.15, 0.2) is 53.0 Å². The van der Waals surface area contributed by atoms with E-state index in [-0.39, 0.29) is 11.5 Å². The molecule has 2 rings (SSSR count). The zero-order chi connectivity index (χ0) is 19.8. The molecule has 0 aliphatic carbocycles. The first-order valence-corrected chi connectivity index (χ1v) is 9.37. The van der Waals surface area contributed by atoms with Crippen molar-refractivity contribution >= 4 is 45.1 Å². The smallest absolute Gasteiger partial charge is 0.261 e. The van der Waals surface area contributed by atoms with Gasteiger partial charge < -0.3 is 15.4 Å². The van der Waals surface area contributed by atoms with Crippen molar-refractivity contribution in [3.63, 3.8) is 0 Å². The first-order valence-electron chi connectivity index (χ1n) is 8.16. The number of methoxy groups -OCH3 is 1. The van der Waals surface area contributed by atoms with Gasteiger partial charge in [0.25, 0.3) is 5.91 Å². The monoisotopic (exact) mass is 449 g/mol. The van der Waals surface area contributed by atoms with Gasteiger partial charge in [0.05, 0.1) is 12.7 Å². The molecule has 0 radical (unpaired) electrons. The lowest BCUT2D eigenvalue weighted by Gasteiger charge is -2.25. The molecule has 0 saturated carbocycles. The summed E-state index contributed by atoms with van der Waals surface area (Å²) in [5.74, 6) is -0.392. The van der Waals surface area contributed by atoms with Crippen LogP contribution in [0.3, 0.4) is 0 Å². The fourth-order valence-corrected chi connectivity index (χ4v) is 3.01. The zero-order valence-electron chi connectivity index (χ0n) is 14.8. The van der Waals surface area contributed by atoms with Gasteiger partial charge in [-0.25, -0.2) is 0 Å². The van der Waals surface area contributed by atoms with E-state index < -0.39 is 11.8 Å². The number of amides is 2. The van der Waals surface area contributed by atoms with Crippen LogP contribution in [0.25, 0.3) is 0 Å². The Balaban J connectivity index is 2.15. The first-order chi connectivity index (χ1) is 12.9. The Bertz CT molecular complexity index is 830. The van der Waals surface area contributed by atoms with Crippen molar-refractivity contribution < 1.29 is 14.3 Å². The van der Waals surface area contributed by atoms with Gasteiger partial charge in [-0.1, -0.05) is 46.3 Å². The summed E-state index contributed by atoms with van der Waals surface area (Å²) in [6.45, 7) is 0.752. The van der Waals surface area contributed by atoms with Crippen LogP contribution in [0.1, 0.15) is 22.3 Å². The molecular formula is C19H20BrN3O3S. The summed E-state index contributed by atoms with van der Waals surface area (Å²) in [5, 5.41) is 2.92. The molecular weight excluding hydrogens is 430 g/mol. The van der Waals surface area contributed by atoms with Gasteiger partial charge in [0.2, 0.25) is 5.91 Å². The minimum atomic E-state index is -0.434. The highest BCUT2D eigenvalue weighted by atomic mass is 79.9. The Morgan fingerprint density at radius 3 is 2.56 bits per heavy atom. The average molecular weight is 450 g/mol. The van der Waals surface area contributed by atoms with E-state index in [4.69, 9.17) is 22.7 Å². The maximum atomic E-state index is 12.7. The molecule has 0 unspecified atom stereocenters. The van der Waals surface area contributed by atoms with E-state index in [1.807, 2.05) is 30.3 Å². The Labute approximate surface area is 171 Å². The Hall–Kier alpha value is -2.45. The summed E-state index contributed by atoms with van der Waals surface area (Å²) in [6.07, 6.45) is 0.128. The molecule has 0 spiro atoms. The van der Waals surface area contributed by atoms with Crippen molar-refractivity contribution in [1.29, 1.82) is 0 Å². The highest BCUT2D eigenvalue weighted by Gasteiger charge is 2.18. The van der Waals surface area contributed by atoms with Crippen molar-refractivity contribution in [1.82, 2.24) is 10.2 Å². The van der Waals surface area contributed by atoms with Gasteiger partial charge in [0, 0.05) is 24.0 Å². The van der Waals surface area contributed by atoms with Crippen LogP contribution >= 0.6 is 28.1 Å². The molecule has 0 saturated heterocycles. The maximum Gasteiger partial charge on any atom is 0.261 e. The number of nitrogens with one attached hydrogen (secondary N) is 1. The Morgan fingerprint density at radius 2 is 1.93 bits per heavy atom. The molecule has 0 atom stereocenters. The van der Waals surface area contributed by atoms with Gasteiger partial charge in [-0.2, -0.15) is 0 Å². The van der Waals surface area contributed by atoms with Crippen LogP contribution in [0.2, 0.25) is 0 Å². The molecule has 3 N–H and O–H groups in total. The molecule has 2 amide bonds. The summed E-state index contributed by atoms with van der Waals surface area (Å²) in [6, 6.07) is 14.8. The quantitative estimate of drug-likeness (QED) is 0.634. The van der Waals surface area contributed by atoms with Crippen molar-refractivity contribution in [3.8, 4) is 5.75 Å². The van der Waals surface area contributed by atoms with E-state index in [9.17, 15) is 9.59 Å². The van der Waals surface area contributed by atoms with E-state index in [2.05, 4.69) is 21.2 Å². The van der Waals surface area contributed by atoms with Gasteiger partial charge in [0.1, 0.15) is 5.75 Å². The number of primary amides is 1. The number of nitrogens with two attached hydrogens (primary N) is 1. The lowest BCUT2D eigenvalue weighted by atomic mass is 10.2. The van der Waals surface area contributed by atoms with Crippen molar-refractivity contribution in [2.24, 2.45) is 5.73 Å². The van der Waals surface area contributed by atoms with Gasteiger partial charge >= 0.3 is 0 Å². The van der Waals surface area contributed by atoms with Crippen molar-refractivity contribution in [2.75, 3.05) is 13.7 Å². The van der Waals surface area contributed by atoms with E-state index in [1.165, 1.54) is 7.11 Å². The molecule has 0 fully saturated rings. The third-order valence-electron chi connectivity index (χ3n) is 3.76. The predicted molar refractivity (Wildman–Crippen MR) is 111 cm³/mol. The number of carbonyl (C=O) groups excluding carboxylic acids is 2. The Morgan fingerprint density at radius 1 is 1.22 bits per heavy atom. The molecule has 0 aliphatic rings. The second-order valence-electron chi connectivity index (χ2n) is 5.73. The molecule has 0 bridgehead atoms. The normalized spacial score (nSPS) is 10.1. The fourth-order valence-electron chi connectivity index (χ4n) is 2.40. The molecule has 8 heteroatoms. The topological polar surface area (TPSA) is 84.7 Å². The molecule has 0 heterocycles.